The minimum Gasteiger partial charge on any atom is -0.378 e. The number of amides is 1. The summed E-state index contributed by atoms with van der Waals surface area (Å²) >= 11 is 6.16. The lowest BCUT2D eigenvalue weighted by Gasteiger charge is -2.30. The first kappa shape index (κ1) is 30.4. The average Bonchev–Trinajstić information content (AvgIpc) is 3.02. The molecule has 1 aliphatic rings. The van der Waals surface area contributed by atoms with Crippen LogP contribution in [-0.4, -0.2) is 56.1 Å². The minimum absolute atomic E-state index is 0.0693. The van der Waals surface area contributed by atoms with Crippen molar-refractivity contribution in [2.75, 3.05) is 52.6 Å². The lowest BCUT2D eigenvalue weighted by atomic mass is 10.2. The van der Waals surface area contributed by atoms with Crippen molar-refractivity contribution >= 4 is 60.3 Å². The SMILES string of the molecule is CN(c1ccccc1)S(=O)(=O)c1cccc(C(=O)Nc2cc(S(=O)(=O)Nc3ccccc3Cl)ccc2N2CCOCC2)c1. The molecule has 5 rings (SSSR count). The molecule has 0 radical (unpaired) electrons. The van der Waals surface area contributed by atoms with Gasteiger partial charge in [-0.25, -0.2) is 16.8 Å². The van der Waals surface area contributed by atoms with Crippen LogP contribution in [0.2, 0.25) is 5.02 Å². The normalized spacial score (nSPS) is 13.8. The summed E-state index contributed by atoms with van der Waals surface area (Å²) in [4.78, 5) is 15.3. The summed E-state index contributed by atoms with van der Waals surface area (Å²) < 4.78 is 62.4. The van der Waals surface area contributed by atoms with Crippen LogP contribution in [0.25, 0.3) is 0 Å². The number of anilines is 4. The van der Waals surface area contributed by atoms with Crippen LogP contribution < -0.4 is 19.2 Å². The van der Waals surface area contributed by atoms with E-state index in [2.05, 4.69) is 10.0 Å². The van der Waals surface area contributed by atoms with Gasteiger partial charge in [-0.2, -0.15) is 0 Å². The molecular weight excluding hydrogens is 612 g/mol. The number of nitrogens with one attached hydrogen (secondary N) is 2. The third-order valence-corrected chi connectivity index (χ3v) is 10.3. The summed E-state index contributed by atoms with van der Waals surface area (Å²) in [6.07, 6.45) is 0. The Hall–Kier alpha value is -4.10. The minimum atomic E-state index is -4.08. The van der Waals surface area contributed by atoms with E-state index in [1.54, 1.807) is 60.7 Å². The first-order chi connectivity index (χ1) is 20.6. The van der Waals surface area contributed by atoms with Gasteiger partial charge < -0.3 is 15.0 Å². The standard InChI is InChI=1S/C30H29ClN4O6S2/c1-34(23-9-3-2-4-10-23)43(39,40)25-11-7-8-22(20-25)30(36)32-28-21-24(14-15-29(28)35-16-18-41-19-17-35)42(37,38)33-27-13-6-5-12-26(27)31/h2-15,20-21,33H,16-19H2,1H3,(H,32,36). The molecule has 0 spiro atoms. The van der Waals surface area contributed by atoms with Crippen molar-refractivity contribution in [1.82, 2.24) is 0 Å². The molecule has 4 aromatic carbocycles. The molecule has 4 aromatic rings. The number of ether oxygens (including phenoxy) is 1. The molecule has 1 amide bonds. The van der Waals surface area contributed by atoms with Gasteiger partial charge in [0.05, 0.1) is 50.8 Å². The van der Waals surface area contributed by atoms with E-state index in [1.807, 2.05) is 4.90 Å². The van der Waals surface area contributed by atoms with Crippen LogP contribution >= 0.6 is 11.6 Å². The number of halogens is 1. The maximum absolute atomic E-state index is 13.5. The number of nitrogens with zero attached hydrogens (tertiary/aromatic N) is 2. The predicted molar refractivity (Wildman–Crippen MR) is 168 cm³/mol. The fourth-order valence-electron chi connectivity index (χ4n) is 4.54. The summed E-state index contributed by atoms with van der Waals surface area (Å²) in [5.41, 5.74) is 1.60. The van der Waals surface area contributed by atoms with Gasteiger partial charge in [0.2, 0.25) is 0 Å². The molecule has 43 heavy (non-hydrogen) atoms. The molecule has 1 heterocycles. The fraction of sp³-hybridized carbons (Fsp3) is 0.167. The van der Waals surface area contributed by atoms with E-state index in [0.29, 0.717) is 37.7 Å². The molecule has 10 nitrogen and oxygen atoms in total. The molecule has 0 saturated carbocycles. The monoisotopic (exact) mass is 640 g/mol. The molecule has 13 heteroatoms. The van der Waals surface area contributed by atoms with Gasteiger partial charge in [0.15, 0.2) is 0 Å². The van der Waals surface area contributed by atoms with Crippen molar-refractivity contribution in [1.29, 1.82) is 0 Å². The third-order valence-electron chi connectivity index (χ3n) is 6.87. The number of hydrogen-bond acceptors (Lipinski definition) is 7. The van der Waals surface area contributed by atoms with E-state index < -0.39 is 26.0 Å². The summed E-state index contributed by atoms with van der Waals surface area (Å²) in [5, 5.41) is 3.04. The lowest BCUT2D eigenvalue weighted by Crippen LogP contribution is -2.36. The van der Waals surface area contributed by atoms with Crippen LogP contribution in [0.3, 0.4) is 0 Å². The smallest absolute Gasteiger partial charge is 0.264 e. The van der Waals surface area contributed by atoms with E-state index in [-0.39, 0.29) is 31.8 Å². The summed E-state index contributed by atoms with van der Waals surface area (Å²) in [5.74, 6) is -0.609. The van der Waals surface area contributed by atoms with Gasteiger partial charge in [0.25, 0.3) is 26.0 Å². The molecule has 1 fully saturated rings. The van der Waals surface area contributed by atoms with E-state index in [9.17, 15) is 21.6 Å². The molecule has 1 saturated heterocycles. The van der Waals surface area contributed by atoms with Crippen molar-refractivity contribution in [2.24, 2.45) is 0 Å². The molecule has 2 N–H and O–H groups in total. The Morgan fingerprint density at radius 1 is 0.814 bits per heavy atom. The predicted octanol–water partition coefficient (Wildman–Crippen LogP) is 5.05. The van der Waals surface area contributed by atoms with Gasteiger partial charge in [0.1, 0.15) is 0 Å². The Bertz CT molecular complexity index is 1850. The van der Waals surface area contributed by atoms with E-state index in [1.165, 1.54) is 43.4 Å². The van der Waals surface area contributed by atoms with Gasteiger partial charge >= 0.3 is 0 Å². The zero-order valence-electron chi connectivity index (χ0n) is 23.1. The van der Waals surface area contributed by atoms with E-state index in [0.717, 1.165) is 4.31 Å². The van der Waals surface area contributed by atoms with E-state index in [4.69, 9.17) is 16.3 Å². The molecule has 0 unspecified atom stereocenters. The topological polar surface area (TPSA) is 125 Å². The van der Waals surface area contributed by atoms with Gasteiger partial charge in [-0.05, 0) is 60.7 Å². The van der Waals surface area contributed by atoms with Gasteiger partial charge in [-0.15, -0.1) is 0 Å². The molecule has 0 aliphatic carbocycles. The first-order valence-corrected chi connectivity index (χ1v) is 16.6. The summed E-state index contributed by atoms with van der Waals surface area (Å²) in [7, 11) is -6.62. The van der Waals surface area contributed by atoms with Crippen molar-refractivity contribution in [3.05, 3.63) is 108 Å². The Balaban J connectivity index is 1.47. The number of carbonyl (C=O) groups excluding carboxylic acids is 1. The summed E-state index contributed by atoms with van der Waals surface area (Å²) in [6, 6.07) is 25.2. The maximum Gasteiger partial charge on any atom is 0.264 e. The number of rotatable bonds is 9. The second kappa shape index (κ2) is 12.6. The molecule has 1 aliphatic heterocycles. The van der Waals surface area contributed by atoms with Gasteiger partial charge in [-0.1, -0.05) is 48.0 Å². The number of hydrogen-bond donors (Lipinski definition) is 2. The number of morpholine rings is 1. The van der Waals surface area contributed by atoms with Crippen LogP contribution in [0, 0.1) is 0 Å². The second-order valence-corrected chi connectivity index (χ2v) is 13.7. The molecule has 0 aromatic heterocycles. The molecular formula is C30H29ClN4O6S2. The zero-order valence-corrected chi connectivity index (χ0v) is 25.5. The molecule has 0 bridgehead atoms. The largest absolute Gasteiger partial charge is 0.378 e. The number of carbonyl (C=O) groups is 1. The molecule has 0 atom stereocenters. The number of para-hydroxylation sites is 2. The van der Waals surface area contributed by atoms with Crippen molar-refractivity contribution < 1.29 is 26.4 Å². The van der Waals surface area contributed by atoms with Crippen LogP contribution in [0.1, 0.15) is 10.4 Å². The van der Waals surface area contributed by atoms with E-state index >= 15 is 0 Å². The Morgan fingerprint density at radius 3 is 2.23 bits per heavy atom. The Labute approximate surface area is 256 Å². The highest BCUT2D eigenvalue weighted by Gasteiger charge is 2.25. The van der Waals surface area contributed by atoms with Crippen LogP contribution in [0.15, 0.2) is 107 Å². The Morgan fingerprint density at radius 2 is 1.51 bits per heavy atom. The van der Waals surface area contributed by atoms with Gasteiger partial charge in [0, 0.05) is 25.7 Å². The second-order valence-electron chi connectivity index (χ2n) is 9.65. The fourth-order valence-corrected chi connectivity index (χ4v) is 7.12. The highest BCUT2D eigenvalue weighted by molar-refractivity contribution is 7.93. The van der Waals surface area contributed by atoms with Crippen LogP contribution in [0.4, 0.5) is 22.7 Å². The quantitative estimate of drug-likeness (QED) is 0.262. The highest BCUT2D eigenvalue weighted by Crippen LogP contribution is 2.32. The highest BCUT2D eigenvalue weighted by atomic mass is 35.5. The average molecular weight is 641 g/mol. The van der Waals surface area contributed by atoms with Crippen molar-refractivity contribution in [2.45, 2.75) is 9.79 Å². The Kier molecular flexibility index (Phi) is 8.92. The van der Waals surface area contributed by atoms with Crippen LogP contribution in [-0.2, 0) is 24.8 Å². The number of sulfonamides is 2. The van der Waals surface area contributed by atoms with Gasteiger partial charge in [-0.3, -0.25) is 13.8 Å². The summed E-state index contributed by atoms with van der Waals surface area (Å²) in [6.45, 7) is 2.01. The van der Waals surface area contributed by atoms with Crippen molar-refractivity contribution in [3.63, 3.8) is 0 Å². The zero-order chi connectivity index (χ0) is 30.6. The maximum atomic E-state index is 13.5. The third kappa shape index (κ3) is 6.78. The molecule has 224 valence electrons. The lowest BCUT2D eigenvalue weighted by molar-refractivity contribution is 0.102. The first-order valence-electron chi connectivity index (χ1n) is 13.3. The van der Waals surface area contributed by atoms with Crippen molar-refractivity contribution in [3.8, 4) is 0 Å². The van der Waals surface area contributed by atoms with Crippen LogP contribution in [0.5, 0.6) is 0 Å². The number of benzene rings is 4.